The molecule has 0 amide bonds. The Balaban J connectivity index is 2.31. The number of hydrogen-bond acceptors (Lipinski definition) is 4. The van der Waals surface area contributed by atoms with Gasteiger partial charge in [-0.25, -0.2) is 4.79 Å². The van der Waals surface area contributed by atoms with Crippen LogP contribution >= 0.6 is 38.9 Å². The Labute approximate surface area is 135 Å². The predicted molar refractivity (Wildman–Crippen MR) is 86.6 cm³/mol. The standard InChI is InChI=1S/C14H13BrClNO2S/c1-8-5-6-20-13(8)12(14(18)19-2)17-9-3-4-11(16)10(15)7-9/h3-7,12,17H,1-2H3. The maximum atomic E-state index is 12.0. The third-order valence-electron chi connectivity index (χ3n) is 2.83. The number of carbonyl (C=O) groups is 1. The molecule has 0 saturated heterocycles. The lowest BCUT2D eigenvalue weighted by Gasteiger charge is -2.18. The van der Waals surface area contributed by atoms with Crippen LogP contribution in [0, 0.1) is 6.92 Å². The number of thiophene rings is 1. The molecule has 0 radical (unpaired) electrons. The molecule has 0 bridgehead atoms. The smallest absolute Gasteiger partial charge is 0.333 e. The summed E-state index contributed by atoms with van der Waals surface area (Å²) in [5.41, 5.74) is 1.86. The maximum Gasteiger partial charge on any atom is 0.333 e. The maximum absolute atomic E-state index is 12.0. The van der Waals surface area contributed by atoms with E-state index in [1.807, 2.05) is 30.5 Å². The SMILES string of the molecule is COC(=O)C(Nc1ccc(Cl)c(Br)c1)c1sccc1C. The molecule has 1 heterocycles. The van der Waals surface area contributed by atoms with Crippen molar-refractivity contribution in [1.29, 1.82) is 0 Å². The highest BCUT2D eigenvalue weighted by Gasteiger charge is 2.24. The zero-order valence-corrected chi connectivity index (χ0v) is 14.1. The van der Waals surface area contributed by atoms with E-state index in [2.05, 4.69) is 21.2 Å². The van der Waals surface area contributed by atoms with Crippen molar-refractivity contribution in [2.24, 2.45) is 0 Å². The van der Waals surface area contributed by atoms with Gasteiger partial charge in [-0.1, -0.05) is 11.6 Å². The number of halogens is 2. The van der Waals surface area contributed by atoms with Crippen molar-refractivity contribution in [2.45, 2.75) is 13.0 Å². The van der Waals surface area contributed by atoms with Crippen molar-refractivity contribution in [3.63, 3.8) is 0 Å². The van der Waals surface area contributed by atoms with Gasteiger partial charge in [0.05, 0.1) is 12.1 Å². The zero-order valence-electron chi connectivity index (χ0n) is 10.9. The van der Waals surface area contributed by atoms with Crippen LogP contribution in [0.5, 0.6) is 0 Å². The Morgan fingerprint density at radius 2 is 2.20 bits per heavy atom. The third kappa shape index (κ3) is 3.34. The Bertz CT molecular complexity index is 629. The van der Waals surface area contributed by atoms with E-state index in [9.17, 15) is 4.79 Å². The molecule has 0 aliphatic heterocycles. The topological polar surface area (TPSA) is 38.3 Å². The summed E-state index contributed by atoms with van der Waals surface area (Å²) in [7, 11) is 1.39. The number of carbonyl (C=O) groups excluding carboxylic acids is 1. The molecule has 2 rings (SSSR count). The second-order valence-electron chi connectivity index (χ2n) is 4.20. The van der Waals surface area contributed by atoms with Crippen molar-refractivity contribution in [1.82, 2.24) is 0 Å². The number of anilines is 1. The average molecular weight is 375 g/mol. The molecule has 0 aliphatic rings. The summed E-state index contributed by atoms with van der Waals surface area (Å²) < 4.78 is 5.66. The minimum Gasteiger partial charge on any atom is -0.467 e. The van der Waals surface area contributed by atoms with E-state index in [1.165, 1.54) is 18.4 Å². The third-order valence-corrected chi connectivity index (χ3v) is 5.13. The summed E-state index contributed by atoms with van der Waals surface area (Å²) in [6.07, 6.45) is 0. The zero-order chi connectivity index (χ0) is 14.7. The van der Waals surface area contributed by atoms with Crippen molar-refractivity contribution in [3.05, 3.63) is 49.6 Å². The lowest BCUT2D eigenvalue weighted by atomic mass is 10.1. The van der Waals surface area contributed by atoms with Crippen molar-refractivity contribution in [2.75, 3.05) is 12.4 Å². The average Bonchev–Trinajstić information content (AvgIpc) is 2.85. The molecular weight excluding hydrogens is 362 g/mol. The van der Waals surface area contributed by atoms with Gasteiger partial charge in [-0.15, -0.1) is 11.3 Å². The lowest BCUT2D eigenvalue weighted by Crippen LogP contribution is -2.22. The quantitative estimate of drug-likeness (QED) is 0.781. The normalized spacial score (nSPS) is 12.0. The Morgan fingerprint density at radius 3 is 2.75 bits per heavy atom. The first-order valence-electron chi connectivity index (χ1n) is 5.86. The van der Waals surface area contributed by atoms with Crippen molar-refractivity contribution >= 4 is 50.5 Å². The molecule has 0 fully saturated rings. The second-order valence-corrected chi connectivity index (χ2v) is 6.41. The number of hydrogen-bond donors (Lipinski definition) is 1. The monoisotopic (exact) mass is 373 g/mol. The summed E-state index contributed by atoms with van der Waals surface area (Å²) in [6, 6.07) is 6.89. The van der Waals surface area contributed by atoms with Crippen LogP contribution in [0.4, 0.5) is 5.69 Å². The molecule has 20 heavy (non-hydrogen) atoms. The number of esters is 1. The first kappa shape index (κ1) is 15.4. The van der Waals surface area contributed by atoms with E-state index < -0.39 is 6.04 Å². The van der Waals surface area contributed by atoms with Crippen molar-refractivity contribution < 1.29 is 9.53 Å². The molecule has 3 nitrogen and oxygen atoms in total. The summed E-state index contributed by atoms with van der Waals surface area (Å²) in [5, 5.41) is 5.77. The molecule has 1 unspecified atom stereocenters. The van der Waals surface area contributed by atoms with Crippen LogP contribution in [0.15, 0.2) is 34.1 Å². The van der Waals surface area contributed by atoms with Gasteiger partial charge in [-0.05, 0) is 58.1 Å². The van der Waals surface area contributed by atoms with Crippen LogP contribution < -0.4 is 5.32 Å². The second kappa shape index (κ2) is 6.61. The van der Waals surface area contributed by atoms with E-state index in [-0.39, 0.29) is 5.97 Å². The number of aryl methyl sites for hydroxylation is 1. The lowest BCUT2D eigenvalue weighted by molar-refractivity contribution is -0.141. The molecular formula is C14H13BrClNO2S. The van der Waals surface area contributed by atoms with Crippen LogP contribution in [0.2, 0.25) is 5.02 Å². The van der Waals surface area contributed by atoms with E-state index in [4.69, 9.17) is 16.3 Å². The van der Waals surface area contributed by atoms with E-state index in [0.717, 1.165) is 20.6 Å². The first-order chi connectivity index (χ1) is 9.52. The van der Waals surface area contributed by atoms with Gasteiger partial charge in [0.2, 0.25) is 0 Å². The van der Waals surface area contributed by atoms with Crippen molar-refractivity contribution in [3.8, 4) is 0 Å². The molecule has 2 aromatic rings. The molecule has 1 N–H and O–H groups in total. The van der Waals surface area contributed by atoms with Gasteiger partial charge >= 0.3 is 5.97 Å². The minimum absolute atomic E-state index is 0.318. The molecule has 1 aromatic carbocycles. The van der Waals surface area contributed by atoms with Crippen LogP contribution in [-0.4, -0.2) is 13.1 Å². The van der Waals surface area contributed by atoms with E-state index in [0.29, 0.717) is 5.02 Å². The highest BCUT2D eigenvalue weighted by Crippen LogP contribution is 2.31. The number of rotatable bonds is 4. The van der Waals surface area contributed by atoms with Gasteiger partial charge in [0.25, 0.3) is 0 Å². The fourth-order valence-electron chi connectivity index (χ4n) is 1.78. The van der Waals surface area contributed by atoms with Gasteiger partial charge < -0.3 is 10.1 Å². The fraction of sp³-hybridized carbons (Fsp3) is 0.214. The van der Waals surface area contributed by atoms with E-state index >= 15 is 0 Å². The molecule has 1 aromatic heterocycles. The largest absolute Gasteiger partial charge is 0.467 e. The Morgan fingerprint density at radius 1 is 1.45 bits per heavy atom. The summed E-state index contributed by atoms with van der Waals surface area (Å²) in [5.74, 6) is -0.318. The van der Waals surface area contributed by atoms with Gasteiger partial charge in [-0.3, -0.25) is 0 Å². The fourth-order valence-corrected chi connectivity index (χ4v) is 3.24. The predicted octanol–water partition coefficient (Wildman–Crippen LogP) is 4.80. The number of benzene rings is 1. The summed E-state index contributed by atoms with van der Waals surface area (Å²) in [6.45, 7) is 1.97. The van der Waals surface area contributed by atoms with Gasteiger partial charge in [0.15, 0.2) is 6.04 Å². The Hall–Kier alpha value is -1.04. The highest BCUT2D eigenvalue weighted by molar-refractivity contribution is 9.10. The number of methoxy groups -OCH3 is 1. The molecule has 0 aliphatic carbocycles. The van der Waals surface area contributed by atoms with E-state index in [1.54, 1.807) is 6.07 Å². The summed E-state index contributed by atoms with van der Waals surface area (Å²) in [4.78, 5) is 13.0. The number of nitrogens with one attached hydrogen (secondary N) is 1. The molecule has 1 atom stereocenters. The van der Waals surface area contributed by atoms with Crippen LogP contribution in [0.1, 0.15) is 16.5 Å². The molecule has 0 spiro atoms. The molecule has 6 heteroatoms. The first-order valence-corrected chi connectivity index (χ1v) is 7.91. The van der Waals surface area contributed by atoms with Gasteiger partial charge in [0.1, 0.15) is 0 Å². The van der Waals surface area contributed by atoms with Crippen LogP contribution in [0.25, 0.3) is 0 Å². The highest BCUT2D eigenvalue weighted by atomic mass is 79.9. The minimum atomic E-state index is -0.520. The Kier molecular flexibility index (Phi) is 5.07. The van der Waals surface area contributed by atoms with Gasteiger partial charge in [-0.2, -0.15) is 0 Å². The van der Waals surface area contributed by atoms with Crippen LogP contribution in [0.3, 0.4) is 0 Å². The molecule has 106 valence electrons. The van der Waals surface area contributed by atoms with Crippen LogP contribution in [-0.2, 0) is 9.53 Å². The number of ether oxygens (including phenoxy) is 1. The van der Waals surface area contributed by atoms with Gasteiger partial charge in [0, 0.05) is 15.0 Å². The molecule has 0 saturated carbocycles. The summed E-state index contributed by atoms with van der Waals surface area (Å²) >= 11 is 10.9.